The second kappa shape index (κ2) is 8.47. The van der Waals surface area contributed by atoms with Crippen LogP contribution in [0.5, 0.6) is 5.75 Å². The predicted octanol–water partition coefficient (Wildman–Crippen LogP) is 4.21. The number of hydrogen-bond acceptors (Lipinski definition) is 5. The monoisotopic (exact) mass is 413 g/mol. The molecule has 0 aliphatic rings. The molecule has 0 saturated carbocycles. The molecule has 0 aliphatic carbocycles. The van der Waals surface area contributed by atoms with E-state index in [9.17, 15) is 9.18 Å². The number of nitrogens with one attached hydrogen (secondary N) is 1. The highest BCUT2D eigenvalue weighted by Gasteiger charge is 2.11. The number of carbonyl (C=O) groups is 1. The molecule has 0 atom stereocenters. The maximum Gasteiger partial charge on any atom is 0.255 e. The Morgan fingerprint density at radius 1 is 1.10 bits per heavy atom. The van der Waals surface area contributed by atoms with Gasteiger partial charge in [0.2, 0.25) is 0 Å². The van der Waals surface area contributed by atoms with Crippen LogP contribution < -0.4 is 10.1 Å². The van der Waals surface area contributed by atoms with Crippen molar-refractivity contribution in [2.45, 2.75) is 0 Å². The van der Waals surface area contributed by atoms with E-state index < -0.39 is 11.7 Å². The molecule has 4 aromatic rings. The number of hydrogen-bond donors (Lipinski definition) is 1. The highest BCUT2D eigenvalue weighted by atomic mass is 19.1. The molecular weight excluding hydrogens is 397 g/mol. The summed E-state index contributed by atoms with van der Waals surface area (Å²) in [5, 5.41) is 19.9. The fourth-order valence-corrected chi connectivity index (χ4v) is 2.95. The van der Waals surface area contributed by atoms with Crippen LogP contribution in [0.1, 0.15) is 15.9 Å². The first-order chi connectivity index (χ1) is 15.1. The topological polar surface area (TPSA) is 92.8 Å². The molecule has 0 radical (unpaired) electrons. The highest BCUT2D eigenvalue weighted by molar-refractivity contribution is 6.04. The third-order valence-corrected chi connectivity index (χ3v) is 4.56. The van der Waals surface area contributed by atoms with Crippen molar-refractivity contribution in [1.82, 2.24) is 15.0 Å². The lowest BCUT2D eigenvalue weighted by Gasteiger charge is -2.08. The average molecular weight is 413 g/mol. The zero-order valence-electron chi connectivity index (χ0n) is 16.4. The van der Waals surface area contributed by atoms with Gasteiger partial charge in [0, 0.05) is 22.9 Å². The minimum atomic E-state index is -0.551. The number of halogens is 1. The van der Waals surface area contributed by atoms with Crippen molar-refractivity contribution in [2.24, 2.45) is 0 Å². The van der Waals surface area contributed by atoms with Crippen molar-refractivity contribution in [3.05, 3.63) is 89.9 Å². The summed E-state index contributed by atoms with van der Waals surface area (Å²) < 4.78 is 20.2. The van der Waals surface area contributed by atoms with Gasteiger partial charge in [0.25, 0.3) is 5.91 Å². The van der Waals surface area contributed by atoms with Crippen molar-refractivity contribution in [1.29, 1.82) is 5.26 Å². The molecule has 3 aromatic carbocycles. The number of rotatable bonds is 5. The summed E-state index contributed by atoms with van der Waals surface area (Å²) in [4.78, 5) is 12.4. The van der Waals surface area contributed by atoms with Gasteiger partial charge >= 0.3 is 0 Å². The molecule has 1 heterocycles. The molecule has 0 unspecified atom stereocenters. The molecule has 0 saturated heterocycles. The molecule has 8 heteroatoms. The standard InChI is InChI=1S/C23H16FN5O2/c1-31-21-11-17(10-18(24)12-21)23(30)26-19-6-4-16(5-7-19)22-14-29(28-27-22)20-8-2-15(13-25)3-9-20/h2-12,14H,1H3,(H,26,30). The van der Waals surface area contributed by atoms with Gasteiger partial charge < -0.3 is 10.1 Å². The first kappa shape index (κ1) is 19.8. The van der Waals surface area contributed by atoms with Crippen molar-refractivity contribution in [2.75, 3.05) is 12.4 Å². The molecule has 152 valence electrons. The summed E-state index contributed by atoms with van der Waals surface area (Å²) in [7, 11) is 1.41. The van der Waals surface area contributed by atoms with Crippen molar-refractivity contribution in [3.63, 3.8) is 0 Å². The van der Waals surface area contributed by atoms with Crippen LogP contribution in [0.2, 0.25) is 0 Å². The summed E-state index contributed by atoms with van der Waals surface area (Å²) in [5.41, 5.74) is 3.52. The summed E-state index contributed by atoms with van der Waals surface area (Å²) in [6, 6.07) is 19.9. The van der Waals surface area contributed by atoms with E-state index in [1.54, 1.807) is 59.4 Å². The largest absolute Gasteiger partial charge is 0.497 e. The molecule has 1 N–H and O–H groups in total. The van der Waals surface area contributed by atoms with Crippen molar-refractivity contribution < 1.29 is 13.9 Å². The van der Waals surface area contributed by atoms with Crippen LogP contribution in [0.3, 0.4) is 0 Å². The van der Waals surface area contributed by atoms with Gasteiger partial charge in [-0.05, 0) is 48.5 Å². The van der Waals surface area contributed by atoms with Crippen LogP contribution in [0.15, 0.2) is 72.9 Å². The van der Waals surface area contributed by atoms with E-state index >= 15 is 0 Å². The van der Waals surface area contributed by atoms with Crippen LogP contribution in [0.4, 0.5) is 10.1 Å². The number of ether oxygens (including phenoxy) is 1. The fraction of sp³-hybridized carbons (Fsp3) is 0.0435. The first-order valence-electron chi connectivity index (χ1n) is 9.25. The number of amides is 1. The number of aromatic nitrogens is 3. The molecule has 0 aliphatic heterocycles. The minimum absolute atomic E-state index is 0.159. The van der Waals surface area contributed by atoms with Gasteiger partial charge in [0.1, 0.15) is 17.3 Å². The van der Waals surface area contributed by atoms with Crippen molar-refractivity contribution in [3.8, 4) is 28.8 Å². The summed E-state index contributed by atoms with van der Waals surface area (Å²) >= 11 is 0. The lowest BCUT2D eigenvalue weighted by Crippen LogP contribution is -2.12. The van der Waals surface area contributed by atoms with Crippen LogP contribution in [-0.2, 0) is 0 Å². The molecule has 0 bridgehead atoms. The molecule has 31 heavy (non-hydrogen) atoms. The van der Waals surface area contributed by atoms with E-state index in [1.165, 1.54) is 19.2 Å². The van der Waals surface area contributed by atoms with Gasteiger partial charge in [-0.25, -0.2) is 9.07 Å². The van der Waals surface area contributed by atoms with E-state index in [-0.39, 0.29) is 11.3 Å². The number of benzene rings is 3. The Hall–Kier alpha value is -4.51. The second-order valence-corrected chi connectivity index (χ2v) is 6.62. The number of nitriles is 1. The molecule has 7 nitrogen and oxygen atoms in total. The summed E-state index contributed by atoms with van der Waals surface area (Å²) in [6.07, 6.45) is 1.77. The minimum Gasteiger partial charge on any atom is -0.497 e. The molecule has 4 rings (SSSR count). The average Bonchev–Trinajstić information content (AvgIpc) is 3.29. The van der Waals surface area contributed by atoms with Gasteiger partial charge in [-0.15, -0.1) is 5.10 Å². The molecule has 0 fully saturated rings. The Balaban J connectivity index is 1.48. The van der Waals surface area contributed by atoms with Gasteiger partial charge in [0.05, 0.1) is 30.6 Å². The number of anilines is 1. The molecule has 0 spiro atoms. The van der Waals surface area contributed by atoms with E-state index in [4.69, 9.17) is 10.00 Å². The van der Waals surface area contributed by atoms with E-state index in [2.05, 4.69) is 21.7 Å². The van der Waals surface area contributed by atoms with Gasteiger partial charge in [-0.1, -0.05) is 17.3 Å². The van der Waals surface area contributed by atoms with Crippen LogP contribution in [0, 0.1) is 17.1 Å². The SMILES string of the molecule is COc1cc(F)cc(C(=O)Nc2ccc(-c3cn(-c4ccc(C#N)cc4)nn3)cc2)c1. The zero-order chi connectivity index (χ0) is 21.8. The number of methoxy groups -OCH3 is 1. The second-order valence-electron chi connectivity index (χ2n) is 6.62. The van der Waals surface area contributed by atoms with E-state index in [1.807, 2.05) is 0 Å². The lowest BCUT2D eigenvalue weighted by molar-refractivity contribution is 0.102. The predicted molar refractivity (Wildman–Crippen MR) is 112 cm³/mol. The first-order valence-corrected chi connectivity index (χ1v) is 9.25. The zero-order valence-corrected chi connectivity index (χ0v) is 16.4. The number of nitrogens with zero attached hydrogens (tertiary/aromatic N) is 4. The normalized spacial score (nSPS) is 10.4. The Morgan fingerprint density at radius 3 is 2.52 bits per heavy atom. The lowest BCUT2D eigenvalue weighted by atomic mass is 10.1. The van der Waals surface area contributed by atoms with Crippen molar-refractivity contribution >= 4 is 11.6 Å². The molecule has 1 amide bonds. The Labute approximate surface area is 177 Å². The fourth-order valence-electron chi connectivity index (χ4n) is 2.95. The number of carbonyl (C=O) groups excluding carboxylic acids is 1. The van der Waals surface area contributed by atoms with E-state index in [0.717, 1.165) is 17.3 Å². The Kier molecular flexibility index (Phi) is 5.41. The summed E-state index contributed by atoms with van der Waals surface area (Å²) in [5.74, 6) is -0.728. The van der Waals surface area contributed by atoms with Crippen LogP contribution >= 0.6 is 0 Å². The van der Waals surface area contributed by atoms with Gasteiger partial charge in [-0.2, -0.15) is 5.26 Å². The van der Waals surface area contributed by atoms with Crippen LogP contribution in [0.25, 0.3) is 16.9 Å². The smallest absolute Gasteiger partial charge is 0.255 e. The maximum absolute atomic E-state index is 13.6. The molecule has 1 aromatic heterocycles. The van der Waals surface area contributed by atoms with E-state index in [0.29, 0.717) is 16.9 Å². The summed E-state index contributed by atoms with van der Waals surface area (Å²) in [6.45, 7) is 0. The Bertz CT molecular complexity index is 1270. The van der Waals surface area contributed by atoms with Gasteiger partial charge in [0.15, 0.2) is 0 Å². The quantitative estimate of drug-likeness (QED) is 0.529. The highest BCUT2D eigenvalue weighted by Crippen LogP contribution is 2.22. The van der Waals surface area contributed by atoms with Gasteiger partial charge in [-0.3, -0.25) is 4.79 Å². The molecular formula is C23H16FN5O2. The Morgan fingerprint density at radius 2 is 1.84 bits per heavy atom. The third-order valence-electron chi connectivity index (χ3n) is 4.56. The van der Waals surface area contributed by atoms with Crippen LogP contribution in [-0.4, -0.2) is 28.0 Å². The third kappa shape index (κ3) is 4.41. The maximum atomic E-state index is 13.6.